The molecule has 2 atom stereocenters. The summed E-state index contributed by atoms with van der Waals surface area (Å²) in [4.78, 5) is 25.6. The van der Waals surface area contributed by atoms with Crippen molar-refractivity contribution >= 4 is 23.6 Å². The molecule has 188 valence electrons. The van der Waals surface area contributed by atoms with Crippen LogP contribution >= 0.6 is 0 Å². The van der Waals surface area contributed by atoms with E-state index < -0.39 is 48.5 Å². The number of halogens is 5. The molecule has 0 spiro atoms. The van der Waals surface area contributed by atoms with Gasteiger partial charge in [0.15, 0.2) is 0 Å². The lowest BCUT2D eigenvalue weighted by molar-refractivity contribution is -0.148. The molecule has 1 aromatic heterocycles. The molecular formula is C23H25F5N6O. The zero-order chi connectivity index (χ0) is 25.8. The Morgan fingerprint density at radius 2 is 1.89 bits per heavy atom. The van der Waals surface area contributed by atoms with E-state index in [0.717, 1.165) is 4.90 Å². The van der Waals surface area contributed by atoms with E-state index in [1.165, 1.54) is 13.3 Å². The highest BCUT2D eigenvalue weighted by Crippen LogP contribution is 2.35. The minimum Gasteiger partial charge on any atom is -0.394 e. The van der Waals surface area contributed by atoms with Crippen molar-refractivity contribution in [2.45, 2.75) is 31.5 Å². The number of rotatable bonds is 6. The number of carbonyl (C=O) groups excluding carboxylic acids is 1. The fourth-order valence-corrected chi connectivity index (χ4v) is 3.96. The van der Waals surface area contributed by atoms with Gasteiger partial charge in [-0.05, 0) is 11.5 Å². The number of anilines is 1. The Morgan fingerprint density at radius 1 is 1.26 bits per heavy atom. The van der Waals surface area contributed by atoms with E-state index in [1.807, 2.05) is 0 Å². The number of aliphatic imine (C=N–C) groups is 1. The summed E-state index contributed by atoms with van der Waals surface area (Å²) in [7, 11) is 1.49. The topological polar surface area (TPSA) is 96.5 Å². The lowest BCUT2D eigenvalue weighted by Gasteiger charge is -2.43. The summed E-state index contributed by atoms with van der Waals surface area (Å²) < 4.78 is 67.1. The van der Waals surface area contributed by atoms with Crippen LogP contribution in [0.1, 0.15) is 24.5 Å². The highest BCUT2D eigenvalue weighted by atomic mass is 19.4. The maximum atomic E-state index is 14.5. The Bertz CT molecular complexity index is 1090. The fraction of sp³-hybridized carbons (Fsp3) is 0.391. The molecule has 0 aliphatic carbocycles. The molecule has 2 unspecified atom stereocenters. The lowest BCUT2D eigenvalue weighted by atomic mass is 9.88. The molecule has 12 heteroatoms. The number of nitrogens with two attached hydrogens (primary N) is 1. The van der Waals surface area contributed by atoms with Gasteiger partial charge in [-0.15, -0.1) is 0 Å². The minimum atomic E-state index is -4.59. The monoisotopic (exact) mass is 496 g/mol. The van der Waals surface area contributed by atoms with Crippen LogP contribution in [0.2, 0.25) is 0 Å². The van der Waals surface area contributed by atoms with Crippen LogP contribution in [0, 0.1) is 5.92 Å². The average Bonchev–Trinajstić information content (AvgIpc) is 2.80. The third-order valence-electron chi connectivity index (χ3n) is 5.65. The number of allylic oxidation sites excluding steroid dienone is 1. The number of hydrogen-bond acceptors (Lipinski definition) is 6. The Morgan fingerprint density at radius 3 is 2.46 bits per heavy atom. The van der Waals surface area contributed by atoms with Crippen LogP contribution in [0.3, 0.4) is 0 Å². The van der Waals surface area contributed by atoms with Crippen LogP contribution < -0.4 is 11.1 Å². The predicted octanol–water partition coefficient (Wildman–Crippen LogP) is 3.85. The van der Waals surface area contributed by atoms with Crippen molar-refractivity contribution in [2.75, 3.05) is 25.5 Å². The standard InChI is InChI=1S/C23H25F5N6O/c1-14-8-22(24,25)13-34(18(14)12-33-21-31-9-16(10-32-21)23(26,27)28)20(35)19(29)17(11-30-2)15-6-4-3-5-7-15/h3-7,9-11,14,18H,8,12-13,29H2,1-2H3,(H,31,32,33). The molecular weight excluding hydrogens is 471 g/mol. The number of benzene rings is 1. The highest BCUT2D eigenvalue weighted by Gasteiger charge is 2.46. The summed E-state index contributed by atoms with van der Waals surface area (Å²) in [6.45, 7) is 0.644. The highest BCUT2D eigenvalue weighted by molar-refractivity contribution is 6.18. The molecule has 2 heterocycles. The predicted molar refractivity (Wildman–Crippen MR) is 122 cm³/mol. The molecule has 1 amide bonds. The van der Waals surface area contributed by atoms with Gasteiger partial charge < -0.3 is 16.0 Å². The van der Waals surface area contributed by atoms with Crippen molar-refractivity contribution in [1.29, 1.82) is 0 Å². The molecule has 1 fully saturated rings. The Kier molecular flexibility index (Phi) is 7.71. The zero-order valence-electron chi connectivity index (χ0n) is 19.1. The molecule has 2 aromatic rings. The lowest BCUT2D eigenvalue weighted by Crippen LogP contribution is -2.58. The number of aromatic nitrogens is 2. The summed E-state index contributed by atoms with van der Waals surface area (Å²) in [5.41, 5.74) is 5.79. The van der Waals surface area contributed by atoms with Gasteiger partial charge in [-0.3, -0.25) is 9.79 Å². The smallest absolute Gasteiger partial charge is 0.394 e. The number of likely N-dealkylation sites (tertiary alicyclic amines) is 1. The quantitative estimate of drug-likeness (QED) is 0.360. The third kappa shape index (κ3) is 6.31. The Hall–Kier alpha value is -3.57. The van der Waals surface area contributed by atoms with Crippen molar-refractivity contribution in [3.05, 3.63) is 59.5 Å². The van der Waals surface area contributed by atoms with E-state index in [2.05, 4.69) is 20.3 Å². The van der Waals surface area contributed by atoms with E-state index >= 15 is 0 Å². The first-order valence-electron chi connectivity index (χ1n) is 10.7. The normalized spacial score (nSPS) is 21.1. The second-order valence-corrected chi connectivity index (χ2v) is 8.29. The summed E-state index contributed by atoms with van der Waals surface area (Å²) >= 11 is 0. The van der Waals surface area contributed by atoms with Gasteiger partial charge in [-0.1, -0.05) is 37.3 Å². The van der Waals surface area contributed by atoms with E-state index in [4.69, 9.17) is 5.73 Å². The molecule has 35 heavy (non-hydrogen) atoms. The van der Waals surface area contributed by atoms with Crippen LogP contribution in [0.25, 0.3) is 5.57 Å². The molecule has 1 aromatic carbocycles. The summed E-state index contributed by atoms with van der Waals surface area (Å²) in [5, 5.41) is 2.75. The first kappa shape index (κ1) is 26.0. The molecule has 0 radical (unpaired) electrons. The second kappa shape index (κ2) is 10.4. The van der Waals surface area contributed by atoms with Crippen molar-refractivity contribution in [3.63, 3.8) is 0 Å². The van der Waals surface area contributed by atoms with E-state index in [0.29, 0.717) is 18.0 Å². The van der Waals surface area contributed by atoms with Crippen LogP contribution in [-0.4, -0.2) is 59.1 Å². The van der Waals surface area contributed by atoms with E-state index in [-0.39, 0.29) is 23.8 Å². The maximum absolute atomic E-state index is 14.5. The largest absolute Gasteiger partial charge is 0.419 e. The Labute approximate surface area is 199 Å². The van der Waals surface area contributed by atoms with Gasteiger partial charge in [-0.25, -0.2) is 18.7 Å². The average molecular weight is 496 g/mol. The van der Waals surface area contributed by atoms with Gasteiger partial charge in [0.25, 0.3) is 11.8 Å². The van der Waals surface area contributed by atoms with Gasteiger partial charge in [-0.2, -0.15) is 13.2 Å². The fourth-order valence-electron chi connectivity index (χ4n) is 3.96. The first-order valence-corrected chi connectivity index (χ1v) is 10.7. The van der Waals surface area contributed by atoms with Gasteiger partial charge in [0.2, 0.25) is 5.95 Å². The van der Waals surface area contributed by atoms with Gasteiger partial charge in [0.05, 0.1) is 18.2 Å². The van der Waals surface area contributed by atoms with Gasteiger partial charge in [0.1, 0.15) is 5.70 Å². The molecule has 3 rings (SSSR count). The van der Waals surface area contributed by atoms with Crippen molar-refractivity contribution in [2.24, 2.45) is 16.6 Å². The molecule has 0 bridgehead atoms. The number of piperidine rings is 1. The molecule has 1 aliphatic heterocycles. The number of alkyl halides is 5. The third-order valence-corrected chi connectivity index (χ3v) is 5.65. The number of carbonyl (C=O) groups is 1. The Balaban J connectivity index is 1.88. The minimum absolute atomic E-state index is 0.0653. The molecule has 1 saturated heterocycles. The number of nitrogens with zero attached hydrogens (tertiary/aromatic N) is 4. The van der Waals surface area contributed by atoms with E-state index in [1.54, 1.807) is 37.3 Å². The number of amides is 1. The number of hydrogen-bond donors (Lipinski definition) is 2. The van der Waals surface area contributed by atoms with Crippen LogP contribution in [-0.2, 0) is 11.0 Å². The number of nitrogens with one attached hydrogen (secondary N) is 1. The van der Waals surface area contributed by atoms with Crippen molar-refractivity contribution in [3.8, 4) is 0 Å². The van der Waals surface area contributed by atoms with Crippen LogP contribution in [0.5, 0.6) is 0 Å². The molecule has 7 nitrogen and oxygen atoms in total. The summed E-state index contributed by atoms with van der Waals surface area (Å²) in [6.07, 6.45) is -2.44. The molecule has 0 saturated carbocycles. The maximum Gasteiger partial charge on any atom is 0.419 e. The van der Waals surface area contributed by atoms with Crippen LogP contribution in [0.15, 0.2) is 53.4 Å². The molecule has 1 aliphatic rings. The summed E-state index contributed by atoms with van der Waals surface area (Å²) in [6, 6.07) is 7.94. The summed E-state index contributed by atoms with van der Waals surface area (Å²) in [5.74, 6) is -4.71. The van der Waals surface area contributed by atoms with Crippen LogP contribution in [0.4, 0.5) is 27.9 Å². The second-order valence-electron chi connectivity index (χ2n) is 8.29. The SMILES string of the molecule is CN=CC(=C(N)C(=O)N1CC(F)(F)CC(C)C1CNc1ncc(C(F)(F)F)cn1)c1ccccc1. The van der Waals surface area contributed by atoms with Gasteiger partial charge >= 0.3 is 6.18 Å². The van der Waals surface area contributed by atoms with Gasteiger partial charge in [0, 0.05) is 44.2 Å². The van der Waals surface area contributed by atoms with Crippen molar-refractivity contribution < 1.29 is 26.7 Å². The first-order chi connectivity index (χ1) is 16.4. The zero-order valence-corrected chi connectivity index (χ0v) is 19.1. The van der Waals surface area contributed by atoms with Crippen molar-refractivity contribution in [1.82, 2.24) is 14.9 Å². The van der Waals surface area contributed by atoms with E-state index in [9.17, 15) is 26.7 Å². The molecule has 3 N–H and O–H groups in total.